The third kappa shape index (κ3) is 4.67. The van der Waals surface area contributed by atoms with E-state index in [0.29, 0.717) is 17.6 Å². The second-order valence-electron chi connectivity index (χ2n) is 15.9. The number of carbonyl (C=O) groups is 2. The normalized spacial score (nSPS) is 40.4. The fraction of sp³-hybridized carbons (Fsp3) is 0.600. The van der Waals surface area contributed by atoms with E-state index < -0.39 is 6.10 Å². The van der Waals surface area contributed by atoms with Crippen LogP contribution in [0.2, 0.25) is 0 Å². The van der Waals surface area contributed by atoms with Gasteiger partial charge in [0.1, 0.15) is 0 Å². The van der Waals surface area contributed by atoms with Crippen LogP contribution < -0.4 is 0 Å². The summed E-state index contributed by atoms with van der Waals surface area (Å²) in [4.78, 5) is 28.3. The zero-order valence-electron chi connectivity index (χ0n) is 26.7. The summed E-state index contributed by atoms with van der Waals surface area (Å²) in [5.41, 5.74) is 3.70. The molecule has 3 heteroatoms. The number of benzene rings is 2. The summed E-state index contributed by atoms with van der Waals surface area (Å²) in [6.45, 7) is 9.83. The van der Waals surface area contributed by atoms with Crippen LogP contribution in [0.1, 0.15) is 109 Å². The first kappa shape index (κ1) is 29.1. The molecule has 7 rings (SSSR count). The molecule has 3 nitrogen and oxygen atoms in total. The molecule has 43 heavy (non-hydrogen) atoms. The predicted octanol–water partition coefficient (Wildman–Crippen LogP) is 9.52. The Balaban J connectivity index is 1.17. The molecule has 9 atom stereocenters. The number of rotatable bonds is 4. The lowest BCUT2D eigenvalue weighted by Gasteiger charge is -2.65. The molecular formula is C40H50O3. The van der Waals surface area contributed by atoms with Crippen LogP contribution in [0.15, 0.2) is 72.3 Å². The van der Waals surface area contributed by atoms with Crippen LogP contribution in [0.3, 0.4) is 0 Å². The van der Waals surface area contributed by atoms with E-state index in [0.717, 1.165) is 36.3 Å². The monoisotopic (exact) mass is 578 g/mol. The Kier molecular flexibility index (Phi) is 7.26. The largest absolute Gasteiger partial charge is 0.452 e. The summed E-state index contributed by atoms with van der Waals surface area (Å²) in [5.74, 6) is 2.44. The van der Waals surface area contributed by atoms with Gasteiger partial charge in [-0.15, -0.1) is 0 Å². The van der Waals surface area contributed by atoms with Gasteiger partial charge in [-0.2, -0.15) is 0 Å². The van der Waals surface area contributed by atoms with Crippen molar-refractivity contribution in [3.05, 3.63) is 83.4 Å². The Morgan fingerprint density at radius 2 is 1.44 bits per heavy atom. The van der Waals surface area contributed by atoms with Gasteiger partial charge in [0.05, 0.1) is 5.92 Å². The smallest absolute Gasteiger partial charge is 0.309 e. The SMILES string of the molecule is CC1CCCC2(C)C1CCC1(C)C3CCC4(C)CCC(C(=O)OC(c5ccccc5)c5ccccc5)CC4C3=CC(=O)C12. The van der Waals surface area contributed by atoms with Crippen LogP contribution in [0.4, 0.5) is 0 Å². The van der Waals surface area contributed by atoms with E-state index in [9.17, 15) is 9.59 Å². The second-order valence-corrected chi connectivity index (χ2v) is 15.9. The lowest BCUT2D eigenvalue weighted by molar-refractivity contribution is -0.161. The van der Waals surface area contributed by atoms with Gasteiger partial charge in [0.25, 0.3) is 0 Å². The Bertz CT molecular complexity index is 1360. The molecule has 4 saturated carbocycles. The fourth-order valence-corrected chi connectivity index (χ4v) is 11.5. The van der Waals surface area contributed by atoms with Gasteiger partial charge in [-0.3, -0.25) is 9.59 Å². The maximum Gasteiger partial charge on any atom is 0.309 e. The molecule has 0 spiro atoms. The van der Waals surface area contributed by atoms with E-state index in [1.165, 1.54) is 50.5 Å². The highest BCUT2D eigenvalue weighted by molar-refractivity contribution is 5.95. The van der Waals surface area contributed by atoms with E-state index in [1.54, 1.807) is 0 Å². The molecule has 5 aliphatic carbocycles. The molecule has 0 heterocycles. The second kappa shape index (κ2) is 10.7. The van der Waals surface area contributed by atoms with Gasteiger partial charge in [-0.25, -0.2) is 0 Å². The van der Waals surface area contributed by atoms with Crippen molar-refractivity contribution in [2.45, 2.75) is 98.0 Å². The van der Waals surface area contributed by atoms with Crippen LogP contribution >= 0.6 is 0 Å². The fourth-order valence-electron chi connectivity index (χ4n) is 11.5. The van der Waals surface area contributed by atoms with Gasteiger partial charge in [0, 0.05) is 5.92 Å². The molecule has 5 aliphatic rings. The van der Waals surface area contributed by atoms with Gasteiger partial charge in [-0.1, -0.05) is 107 Å². The summed E-state index contributed by atoms with van der Waals surface area (Å²) in [5, 5.41) is 0. The first-order valence-electron chi connectivity index (χ1n) is 17.2. The van der Waals surface area contributed by atoms with Crippen LogP contribution in [-0.2, 0) is 14.3 Å². The number of hydrogen-bond donors (Lipinski definition) is 0. The lowest BCUT2D eigenvalue weighted by Crippen LogP contribution is -2.60. The summed E-state index contributed by atoms with van der Waals surface area (Å²) in [7, 11) is 0. The molecule has 228 valence electrons. The van der Waals surface area contributed by atoms with Crippen molar-refractivity contribution in [1.82, 2.24) is 0 Å². The van der Waals surface area contributed by atoms with Gasteiger partial charge >= 0.3 is 5.97 Å². The Labute approximate surface area is 258 Å². The molecular weight excluding hydrogens is 528 g/mol. The summed E-state index contributed by atoms with van der Waals surface area (Å²) >= 11 is 0. The molecule has 0 aromatic heterocycles. The van der Waals surface area contributed by atoms with Crippen LogP contribution in [-0.4, -0.2) is 11.8 Å². The first-order chi connectivity index (χ1) is 20.6. The minimum Gasteiger partial charge on any atom is -0.452 e. The Morgan fingerprint density at radius 1 is 0.791 bits per heavy atom. The molecule has 0 N–H and O–H groups in total. The maximum absolute atomic E-state index is 14.3. The quantitative estimate of drug-likeness (QED) is 0.339. The Morgan fingerprint density at radius 3 is 2.12 bits per heavy atom. The van der Waals surface area contributed by atoms with E-state index in [2.05, 4.69) is 33.8 Å². The number of esters is 1. The minimum absolute atomic E-state index is 0.0317. The molecule has 0 amide bonds. The standard InChI is InChI=1S/C40H50O3/c1-26-12-11-20-39(3)31(26)19-23-40(4)32-18-22-38(2)21-17-29(24-33(38)30(32)25-34(41)36(39)40)37(42)43-35(27-13-7-5-8-14-27)28-15-9-6-10-16-28/h5-10,13-16,25-26,29,31-33,35-36H,11-12,17-24H2,1-4H3. The maximum atomic E-state index is 14.3. The highest BCUT2D eigenvalue weighted by Gasteiger charge is 2.64. The van der Waals surface area contributed by atoms with E-state index in [4.69, 9.17) is 4.74 Å². The molecule has 0 saturated heterocycles. The van der Waals surface area contributed by atoms with Crippen LogP contribution in [0.25, 0.3) is 0 Å². The van der Waals surface area contributed by atoms with Crippen LogP contribution in [0, 0.1) is 51.8 Å². The predicted molar refractivity (Wildman–Crippen MR) is 171 cm³/mol. The molecule has 4 fully saturated rings. The first-order valence-corrected chi connectivity index (χ1v) is 17.2. The van der Waals surface area contributed by atoms with E-state index in [-0.39, 0.29) is 40.0 Å². The van der Waals surface area contributed by atoms with Crippen molar-refractivity contribution in [3.63, 3.8) is 0 Å². The number of fused-ring (bicyclic) bond motifs is 7. The van der Waals surface area contributed by atoms with Crippen molar-refractivity contribution >= 4 is 11.8 Å². The van der Waals surface area contributed by atoms with Crippen molar-refractivity contribution in [3.8, 4) is 0 Å². The highest BCUT2D eigenvalue weighted by atomic mass is 16.5. The number of ketones is 1. The number of ether oxygens (including phenoxy) is 1. The highest BCUT2D eigenvalue weighted by Crippen LogP contribution is 2.69. The van der Waals surface area contributed by atoms with Gasteiger partial charge in [0.15, 0.2) is 11.9 Å². The molecule has 0 radical (unpaired) electrons. The van der Waals surface area contributed by atoms with Crippen molar-refractivity contribution in [2.75, 3.05) is 0 Å². The molecule has 9 unspecified atom stereocenters. The Hall–Kier alpha value is -2.68. The summed E-state index contributed by atoms with van der Waals surface area (Å²) in [6, 6.07) is 20.2. The van der Waals surface area contributed by atoms with Gasteiger partial charge in [0.2, 0.25) is 0 Å². The average Bonchev–Trinajstić information content (AvgIpc) is 2.99. The average molecular weight is 579 g/mol. The topological polar surface area (TPSA) is 43.4 Å². The van der Waals surface area contributed by atoms with E-state index in [1.807, 2.05) is 60.7 Å². The third-order valence-electron chi connectivity index (χ3n) is 13.6. The summed E-state index contributed by atoms with van der Waals surface area (Å²) < 4.78 is 6.39. The number of carbonyl (C=O) groups excluding carboxylic acids is 2. The molecule has 2 aromatic rings. The van der Waals surface area contributed by atoms with Crippen molar-refractivity contribution in [2.24, 2.45) is 51.8 Å². The number of allylic oxidation sites excluding steroid dienone is 2. The van der Waals surface area contributed by atoms with Crippen molar-refractivity contribution < 1.29 is 14.3 Å². The minimum atomic E-state index is -0.411. The van der Waals surface area contributed by atoms with Gasteiger partial charge in [-0.05, 0) is 108 Å². The summed E-state index contributed by atoms with van der Waals surface area (Å²) in [6.07, 6.45) is 13.0. The van der Waals surface area contributed by atoms with E-state index >= 15 is 0 Å². The lowest BCUT2D eigenvalue weighted by atomic mass is 9.39. The molecule has 0 bridgehead atoms. The van der Waals surface area contributed by atoms with Gasteiger partial charge < -0.3 is 4.74 Å². The zero-order valence-corrected chi connectivity index (χ0v) is 26.7. The van der Waals surface area contributed by atoms with Crippen molar-refractivity contribution in [1.29, 1.82) is 0 Å². The molecule has 0 aliphatic heterocycles. The zero-order chi connectivity index (χ0) is 30.0. The van der Waals surface area contributed by atoms with Crippen LogP contribution in [0.5, 0.6) is 0 Å². The molecule has 2 aromatic carbocycles. The number of hydrogen-bond acceptors (Lipinski definition) is 3. The third-order valence-corrected chi connectivity index (χ3v) is 13.6.